The maximum Gasteiger partial charge on any atom is 0.178 e. The topological polar surface area (TPSA) is 17.1 Å². The highest BCUT2D eigenvalue weighted by Gasteiger charge is 2.32. The molecule has 0 radical (unpaired) electrons. The van der Waals surface area contributed by atoms with Gasteiger partial charge >= 0.3 is 0 Å². The van der Waals surface area contributed by atoms with E-state index in [9.17, 15) is 4.79 Å². The Hall–Kier alpha value is 0.110. The second kappa shape index (κ2) is 3.23. The molecule has 1 unspecified atom stereocenters. The molecular weight excluding hydrogens is 272 g/mol. The van der Waals surface area contributed by atoms with Gasteiger partial charge in [-0.1, -0.05) is 13.5 Å². The van der Waals surface area contributed by atoms with Gasteiger partial charge in [0.25, 0.3) is 0 Å². The van der Waals surface area contributed by atoms with E-state index in [1.165, 1.54) is 0 Å². The molecule has 1 aliphatic rings. The predicted molar refractivity (Wildman–Crippen MR) is 52.8 cm³/mol. The molecular formula is C8H8Br2O. The van der Waals surface area contributed by atoms with Crippen molar-refractivity contribution >= 4 is 37.6 Å². The van der Waals surface area contributed by atoms with Crippen molar-refractivity contribution in [2.45, 2.75) is 13.3 Å². The fourth-order valence-electron chi connectivity index (χ4n) is 1.15. The number of hydrogen-bond donors (Lipinski definition) is 0. The van der Waals surface area contributed by atoms with Gasteiger partial charge in [0.1, 0.15) is 0 Å². The smallest absolute Gasteiger partial charge is 0.178 e. The fraction of sp³-hybridized carbons (Fsp3) is 0.375. The third-order valence-electron chi connectivity index (χ3n) is 1.84. The number of carbonyl (C=O) groups excluding carboxylic acids is 1. The second-order valence-corrected chi connectivity index (χ2v) is 4.06. The maximum atomic E-state index is 11.4. The van der Waals surface area contributed by atoms with Crippen LogP contribution in [0, 0.1) is 5.92 Å². The number of carbonyl (C=O) groups is 1. The van der Waals surface area contributed by atoms with E-state index in [4.69, 9.17) is 0 Å². The molecule has 1 rings (SSSR count). The summed E-state index contributed by atoms with van der Waals surface area (Å²) < 4.78 is 1.46. The Morgan fingerprint density at radius 2 is 2.00 bits per heavy atom. The van der Waals surface area contributed by atoms with E-state index in [0.717, 1.165) is 16.5 Å². The van der Waals surface area contributed by atoms with Gasteiger partial charge in [-0.25, -0.2) is 0 Å². The molecule has 1 aliphatic carbocycles. The second-order valence-electron chi connectivity index (χ2n) is 2.48. The monoisotopic (exact) mass is 278 g/mol. The van der Waals surface area contributed by atoms with Crippen LogP contribution >= 0.6 is 31.9 Å². The van der Waals surface area contributed by atoms with Crippen LogP contribution in [0.5, 0.6) is 0 Å². The Bertz CT molecular complexity index is 229. The summed E-state index contributed by atoms with van der Waals surface area (Å²) in [6.07, 6.45) is 0.821. The molecule has 1 nitrogen and oxygen atoms in total. The summed E-state index contributed by atoms with van der Waals surface area (Å²) in [6.45, 7) is 5.82. The minimum Gasteiger partial charge on any atom is -0.293 e. The van der Waals surface area contributed by atoms with Crippen LogP contribution in [0.4, 0.5) is 0 Å². The van der Waals surface area contributed by atoms with Crippen molar-refractivity contribution < 1.29 is 4.79 Å². The minimum atomic E-state index is -0.0150. The lowest BCUT2D eigenvalue weighted by Gasteiger charge is -2.04. The molecule has 0 N–H and O–H groups in total. The summed E-state index contributed by atoms with van der Waals surface area (Å²) >= 11 is 6.52. The van der Waals surface area contributed by atoms with Gasteiger partial charge in [-0.3, -0.25) is 4.79 Å². The van der Waals surface area contributed by atoms with Crippen molar-refractivity contribution in [2.75, 3.05) is 0 Å². The summed E-state index contributed by atoms with van der Waals surface area (Å²) in [5.74, 6) is 0.128. The van der Waals surface area contributed by atoms with E-state index in [-0.39, 0.29) is 11.7 Å². The molecule has 0 bridgehead atoms. The Balaban J connectivity index is 3.02. The molecule has 0 aromatic rings. The zero-order valence-corrected chi connectivity index (χ0v) is 9.33. The van der Waals surface area contributed by atoms with Crippen molar-refractivity contribution in [1.29, 1.82) is 0 Å². The quantitative estimate of drug-likeness (QED) is 0.721. The van der Waals surface area contributed by atoms with Gasteiger partial charge in [-0.05, 0) is 43.9 Å². The van der Waals surface area contributed by atoms with E-state index < -0.39 is 0 Å². The molecule has 0 aliphatic heterocycles. The van der Waals surface area contributed by atoms with E-state index in [2.05, 4.69) is 38.4 Å². The highest BCUT2D eigenvalue weighted by Crippen LogP contribution is 2.40. The average Bonchev–Trinajstić information content (AvgIpc) is 2.17. The molecule has 0 saturated carbocycles. The molecule has 0 amide bonds. The van der Waals surface area contributed by atoms with Crippen molar-refractivity contribution in [3.8, 4) is 0 Å². The Kier molecular flexibility index (Phi) is 2.70. The fourth-order valence-corrected chi connectivity index (χ4v) is 2.15. The van der Waals surface area contributed by atoms with Crippen LogP contribution in [-0.4, -0.2) is 5.78 Å². The lowest BCUT2D eigenvalue weighted by atomic mass is 10.00. The minimum absolute atomic E-state index is 0.0150. The molecule has 0 aromatic heterocycles. The molecule has 60 valence electrons. The number of ketones is 1. The first-order chi connectivity index (χ1) is 5.09. The normalized spacial score (nSPS) is 25.2. The lowest BCUT2D eigenvalue weighted by Crippen LogP contribution is -2.07. The maximum absolute atomic E-state index is 11.4. The van der Waals surface area contributed by atoms with Gasteiger partial charge in [0, 0.05) is 10.4 Å². The summed E-state index contributed by atoms with van der Waals surface area (Å²) in [7, 11) is 0. The highest BCUT2D eigenvalue weighted by molar-refractivity contribution is 9.14. The lowest BCUT2D eigenvalue weighted by molar-refractivity contribution is -0.116. The third-order valence-corrected chi connectivity index (χ3v) is 4.06. The van der Waals surface area contributed by atoms with Crippen molar-refractivity contribution in [3.05, 3.63) is 21.1 Å². The number of hydrogen-bond acceptors (Lipinski definition) is 1. The van der Waals surface area contributed by atoms with Gasteiger partial charge in [-0.15, -0.1) is 0 Å². The molecule has 3 heteroatoms. The summed E-state index contributed by atoms with van der Waals surface area (Å²) in [6, 6.07) is 0. The SMILES string of the molecule is C=C1C(Br)=C(Br)C(=O)C1CC. The molecule has 0 aromatic carbocycles. The van der Waals surface area contributed by atoms with Crippen LogP contribution in [0.1, 0.15) is 13.3 Å². The third kappa shape index (κ3) is 1.36. The Morgan fingerprint density at radius 3 is 2.18 bits per heavy atom. The van der Waals surface area contributed by atoms with Crippen molar-refractivity contribution in [1.82, 2.24) is 0 Å². The molecule has 0 saturated heterocycles. The van der Waals surface area contributed by atoms with E-state index >= 15 is 0 Å². The van der Waals surface area contributed by atoms with E-state index in [1.807, 2.05) is 6.92 Å². The molecule has 11 heavy (non-hydrogen) atoms. The molecule has 0 spiro atoms. The molecule has 1 atom stereocenters. The Morgan fingerprint density at radius 1 is 1.45 bits per heavy atom. The van der Waals surface area contributed by atoms with Crippen LogP contribution < -0.4 is 0 Å². The highest BCUT2D eigenvalue weighted by atomic mass is 79.9. The zero-order valence-electron chi connectivity index (χ0n) is 6.16. The van der Waals surface area contributed by atoms with Gasteiger partial charge in [0.05, 0.1) is 4.48 Å². The van der Waals surface area contributed by atoms with Gasteiger partial charge in [0.2, 0.25) is 0 Å². The summed E-state index contributed by atoms with van der Waals surface area (Å²) in [5, 5.41) is 0. The number of halogens is 2. The summed E-state index contributed by atoms with van der Waals surface area (Å²) in [4.78, 5) is 11.4. The van der Waals surface area contributed by atoms with Gasteiger partial charge in [0.15, 0.2) is 5.78 Å². The predicted octanol–water partition coefficient (Wildman–Crippen LogP) is 3.15. The molecule has 0 heterocycles. The molecule has 0 fully saturated rings. The van der Waals surface area contributed by atoms with Gasteiger partial charge in [-0.2, -0.15) is 0 Å². The number of allylic oxidation sites excluding steroid dienone is 3. The van der Waals surface area contributed by atoms with Crippen LogP contribution in [0.2, 0.25) is 0 Å². The van der Waals surface area contributed by atoms with Crippen LogP contribution in [-0.2, 0) is 4.79 Å². The largest absolute Gasteiger partial charge is 0.293 e. The average molecular weight is 280 g/mol. The summed E-state index contributed by atoms with van der Waals surface area (Å²) in [5.41, 5.74) is 0.893. The zero-order chi connectivity index (χ0) is 8.59. The number of Topliss-reactive ketones (excluding diaryl/α,β-unsaturated/α-hetero) is 1. The van der Waals surface area contributed by atoms with E-state index in [1.54, 1.807) is 0 Å². The first-order valence-corrected chi connectivity index (χ1v) is 4.96. The first kappa shape index (κ1) is 9.20. The first-order valence-electron chi connectivity index (χ1n) is 3.38. The standard InChI is InChI=1S/C8H8Br2O/c1-3-5-4(2)6(9)7(10)8(5)11/h5H,2-3H2,1H3. The number of rotatable bonds is 1. The van der Waals surface area contributed by atoms with Gasteiger partial charge < -0.3 is 0 Å². The van der Waals surface area contributed by atoms with E-state index in [0.29, 0.717) is 4.48 Å². The van der Waals surface area contributed by atoms with Crippen LogP contribution in [0.25, 0.3) is 0 Å². The van der Waals surface area contributed by atoms with Crippen LogP contribution in [0.15, 0.2) is 21.1 Å². The van der Waals surface area contributed by atoms with Crippen LogP contribution in [0.3, 0.4) is 0 Å². The van der Waals surface area contributed by atoms with Crippen molar-refractivity contribution in [2.24, 2.45) is 5.92 Å². The van der Waals surface area contributed by atoms with Crippen molar-refractivity contribution in [3.63, 3.8) is 0 Å². The Labute approximate surface area is 82.8 Å².